The number of hydrogen-bond donors (Lipinski definition) is 1. The van der Waals surface area contributed by atoms with Crippen molar-refractivity contribution in [3.8, 4) is 5.75 Å². The second kappa shape index (κ2) is 5.09. The molecule has 1 N–H and O–H groups in total. The molecule has 1 aromatic carbocycles. The zero-order chi connectivity index (χ0) is 14.3. The Bertz CT molecular complexity index is 524. The maximum absolute atomic E-state index is 12.6. The van der Waals surface area contributed by atoms with Crippen LogP contribution in [0.15, 0.2) is 18.2 Å². The number of carbonyl (C=O) groups is 1. The van der Waals surface area contributed by atoms with Gasteiger partial charge in [0.15, 0.2) is 0 Å². The van der Waals surface area contributed by atoms with Crippen LogP contribution in [0.4, 0.5) is 0 Å². The second-order valence-corrected chi connectivity index (χ2v) is 6.05. The number of nitrogens with zero attached hydrogens (tertiary/aromatic N) is 1. The van der Waals surface area contributed by atoms with Gasteiger partial charge >= 0.3 is 0 Å². The van der Waals surface area contributed by atoms with Crippen LogP contribution in [-0.2, 0) is 4.74 Å². The molecule has 4 heteroatoms. The third-order valence-corrected chi connectivity index (χ3v) is 4.10. The highest BCUT2D eigenvalue weighted by atomic mass is 16.5. The van der Waals surface area contributed by atoms with Gasteiger partial charge in [-0.15, -0.1) is 0 Å². The quantitative estimate of drug-likeness (QED) is 0.901. The third-order valence-electron chi connectivity index (χ3n) is 4.10. The van der Waals surface area contributed by atoms with Crippen LogP contribution in [0.25, 0.3) is 0 Å². The highest BCUT2D eigenvalue weighted by molar-refractivity contribution is 5.97. The van der Waals surface area contributed by atoms with Crippen molar-refractivity contribution in [1.82, 2.24) is 4.90 Å². The minimum absolute atomic E-state index is 0.0581. The van der Waals surface area contributed by atoms with Crippen molar-refractivity contribution in [3.63, 3.8) is 0 Å². The van der Waals surface area contributed by atoms with Crippen LogP contribution >= 0.6 is 0 Å². The Balaban J connectivity index is 1.80. The van der Waals surface area contributed by atoms with Crippen LogP contribution in [0.3, 0.4) is 0 Å². The number of amides is 1. The van der Waals surface area contributed by atoms with E-state index in [0.29, 0.717) is 24.6 Å². The molecule has 108 valence electrons. The van der Waals surface area contributed by atoms with Gasteiger partial charge in [-0.2, -0.15) is 0 Å². The van der Waals surface area contributed by atoms with E-state index in [1.165, 1.54) is 12.8 Å². The number of morpholine rings is 1. The van der Waals surface area contributed by atoms with Crippen molar-refractivity contribution in [3.05, 3.63) is 29.3 Å². The number of benzene rings is 1. The Morgan fingerprint density at radius 1 is 1.35 bits per heavy atom. The van der Waals surface area contributed by atoms with Gasteiger partial charge in [0.05, 0.1) is 17.8 Å². The molecule has 2 atom stereocenters. The van der Waals surface area contributed by atoms with Gasteiger partial charge < -0.3 is 14.7 Å². The van der Waals surface area contributed by atoms with Gasteiger partial charge in [0.25, 0.3) is 5.91 Å². The largest absolute Gasteiger partial charge is 0.507 e. The number of aryl methyl sites for hydroxylation is 1. The lowest BCUT2D eigenvalue weighted by Gasteiger charge is -2.37. The first kappa shape index (κ1) is 13.4. The molecule has 1 aliphatic carbocycles. The summed E-state index contributed by atoms with van der Waals surface area (Å²) in [6, 6.07) is 5.15. The van der Waals surface area contributed by atoms with Crippen molar-refractivity contribution in [2.24, 2.45) is 5.92 Å². The van der Waals surface area contributed by atoms with Gasteiger partial charge in [-0.3, -0.25) is 4.79 Å². The van der Waals surface area contributed by atoms with Crippen molar-refractivity contribution in [2.75, 3.05) is 13.1 Å². The molecule has 4 nitrogen and oxygen atoms in total. The molecule has 1 saturated heterocycles. The lowest BCUT2D eigenvalue weighted by molar-refractivity contribution is -0.0762. The van der Waals surface area contributed by atoms with Crippen molar-refractivity contribution < 1.29 is 14.6 Å². The van der Waals surface area contributed by atoms with E-state index in [-0.39, 0.29) is 23.9 Å². The third kappa shape index (κ3) is 2.66. The maximum Gasteiger partial charge on any atom is 0.257 e. The van der Waals surface area contributed by atoms with Crippen LogP contribution in [0.1, 0.15) is 35.7 Å². The number of ether oxygens (including phenoxy) is 1. The molecule has 1 saturated carbocycles. The smallest absolute Gasteiger partial charge is 0.257 e. The summed E-state index contributed by atoms with van der Waals surface area (Å²) >= 11 is 0. The average Bonchev–Trinajstić information content (AvgIpc) is 3.24. The summed E-state index contributed by atoms with van der Waals surface area (Å²) in [5, 5.41) is 9.91. The number of carbonyl (C=O) groups excluding carboxylic acids is 1. The molecular weight excluding hydrogens is 254 g/mol. The molecule has 0 unspecified atom stereocenters. The van der Waals surface area contributed by atoms with Crippen LogP contribution in [-0.4, -0.2) is 41.2 Å². The summed E-state index contributed by atoms with van der Waals surface area (Å²) < 4.78 is 5.92. The standard InChI is InChI=1S/C16H21NO3/c1-10-3-6-14(18)13(7-10)16(19)17-8-11(2)20-15(9-17)12-4-5-12/h3,6-7,11-12,15,18H,4-5,8-9H2,1-2H3/t11-,15-/m1/s1. The Morgan fingerprint density at radius 2 is 2.10 bits per heavy atom. The lowest BCUT2D eigenvalue weighted by atomic mass is 10.1. The van der Waals surface area contributed by atoms with E-state index >= 15 is 0 Å². The van der Waals surface area contributed by atoms with E-state index in [0.717, 1.165) is 5.56 Å². The van der Waals surface area contributed by atoms with Gasteiger partial charge in [0.2, 0.25) is 0 Å². The van der Waals surface area contributed by atoms with Crippen LogP contribution in [0.5, 0.6) is 5.75 Å². The maximum atomic E-state index is 12.6. The number of phenols is 1. The molecule has 1 aliphatic heterocycles. The van der Waals surface area contributed by atoms with Gasteiger partial charge in [0, 0.05) is 13.1 Å². The molecule has 0 spiro atoms. The predicted molar refractivity (Wildman–Crippen MR) is 75.8 cm³/mol. The van der Waals surface area contributed by atoms with E-state index in [2.05, 4.69) is 0 Å². The number of aromatic hydroxyl groups is 1. The number of rotatable bonds is 2. The monoisotopic (exact) mass is 275 g/mol. The molecule has 2 fully saturated rings. The summed E-state index contributed by atoms with van der Waals surface area (Å²) in [4.78, 5) is 14.4. The first-order valence-electron chi connectivity index (χ1n) is 7.29. The van der Waals surface area contributed by atoms with Gasteiger partial charge in [-0.25, -0.2) is 0 Å². The normalized spacial score (nSPS) is 26.6. The van der Waals surface area contributed by atoms with Gasteiger partial charge in [-0.05, 0) is 44.7 Å². The summed E-state index contributed by atoms with van der Waals surface area (Å²) in [6.45, 7) is 5.16. The highest BCUT2D eigenvalue weighted by Gasteiger charge is 2.39. The Morgan fingerprint density at radius 3 is 2.80 bits per heavy atom. The van der Waals surface area contributed by atoms with E-state index in [9.17, 15) is 9.90 Å². The fraction of sp³-hybridized carbons (Fsp3) is 0.562. The fourth-order valence-corrected chi connectivity index (χ4v) is 2.87. The van der Waals surface area contributed by atoms with Gasteiger partial charge in [-0.1, -0.05) is 11.6 Å². The topological polar surface area (TPSA) is 49.8 Å². The zero-order valence-electron chi connectivity index (χ0n) is 12.0. The lowest BCUT2D eigenvalue weighted by Crippen LogP contribution is -2.49. The Hall–Kier alpha value is -1.55. The Kier molecular flexibility index (Phi) is 3.42. The van der Waals surface area contributed by atoms with Crippen molar-refractivity contribution in [2.45, 2.75) is 38.9 Å². The zero-order valence-corrected chi connectivity index (χ0v) is 12.0. The van der Waals surface area contributed by atoms with E-state index in [1.54, 1.807) is 18.2 Å². The summed E-state index contributed by atoms with van der Waals surface area (Å²) in [7, 11) is 0. The van der Waals surface area contributed by atoms with E-state index in [4.69, 9.17) is 4.74 Å². The molecule has 0 radical (unpaired) electrons. The van der Waals surface area contributed by atoms with Crippen LogP contribution < -0.4 is 0 Å². The first-order chi connectivity index (χ1) is 9.54. The number of phenolic OH excluding ortho intramolecular Hbond substituents is 1. The van der Waals surface area contributed by atoms with E-state index in [1.807, 2.05) is 18.7 Å². The molecule has 3 rings (SSSR count). The summed E-state index contributed by atoms with van der Waals surface area (Å²) in [5.41, 5.74) is 1.37. The SMILES string of the molecule is Cc1ccc(O)c(C(=O)N2C[C@@H](C)O[C@@H](C3CC3)C2)c1. The predicted octanol–water partition coefficient (Wildman–Crippen LogP) is 2.34. The van der Waals surface area contributed by atoms with Crippen molar-refractivity contribution in [1.29, 1.82) is 0 Å². The van der Waals surface area contributed by atoms with Crippen LogP contribution in [0.2, 0.25) is 0 Å². The average molecular weight is 275 g/mol. The molecule has 1 aromatic rings. The first-order valence-corrected chi connectivity index (χ1v) is 7.29. The molecule has 20 heavy (non-hydrogen) atoms. The fourth-order valence-electron chi connectivity index (χ4n) is 2.87. The second-order valence-electron chi connectivity index (χ2n) is 6.05. The molecule has 2 aliphatic rings. The van der Waals surface area contributed by atoms with E-state index < -0.39 is 0 Å². The van der Waals surface area contributed by atoms with Gasteiger partial charge in [0.1, 0.15) is 5.75 Å². The molecular formula is C16H21NO3. The van der Waals surface area contributed by atoms with Crippen LogP contribution in [0, 0.1) is 12.8 Å². The highest BCUT2D eigenvalue weighted by Crippen LogP contribution is 2.37. The molecule has 0 bridgehead atoms. The summed E-state index contributed by atoms with van der Waals surface area (Å²) in [6.07, 6.45) is 2.63. The molecule has 0 aromatic heterocycles. The molecule has 1 heterocycles. The Labute approximate surface area is 119 Å². The summed E-state index contributed by atoms with van der Waals surface area (Å²) in [5.74, 6) is 0.578. The number of hydrogen-bond acceptors (Lipinski definition) is 3. The minimum atomic E-state index is -0.0907. The molecule has 1 amide bonds. The van der Waals surface area contributed by atoms with Crippen molar-refractivity contribution >= 4 is 5.91 Å². The minimum Gasteiger partial charge on any atom is -0.507 e.